The molecule has 0 aromatic heterocycles. The topological polar surface area (TPSA) is 109 Å². The van der Waals surface area contributed by atoms with E-state index in [2.05, 4.69) is 0 Å². The van der Waals surface area contributed by atoms with Crippen molar-refractivity contribution in [2.45, 2.75) is 63.0 Å². The van der Waals surface area contributed by atoms with Crippen LogP contribution < -0.4 is 4.74 Å². The number of hydrogen-bond acceptors (Lipinski definition) is 7. The predicted molar refractivity (Wildman–Crippen MR) is 137 cm³/mol. The van der Waals surface area contributed by atoms with Crippen LogP contribution in [0.5, 0.6) is 5.75 Å². The van der Waals surface area contributed by atoms with Crippen molar-refractivity contribution in [3.05, 3.63) is 99.9 Å². The number of aliphatic hydroxyl groups excluding tert-OH is 4. The molecule has 4 N–H and O–H groups in total. The van der Waals surface area contributed by atoms with Gasteiger partial charge >= 0.3 is 0 Å². The lowest BCUT2D eigenvalue weighted by molar-refractivity contribution is -0.231. The standard InChI is InChI=1S/C30H33FO7/c1-17-6-9-19(29-28(35)27(34)26(33)25(14-32)38-29)13-20(17)12-18-7-10-21(11-8-18)36-16-30(2)23-4-3-5-24(31)22(23)15-37-30/h3-11,13,25-29,32-35H,12,14-16H2,1-2H3/t25-,26-,27+,28-,29+,30?/m1/s1. The lowest BCUT2D eigenvalue weighted by Crippen LogP contribution is -2.55. The third-order valence-corrected chi connectivity index (χ3v) is 7.65. The van der Waals surface area contributed by atoms with E-state index < -0.39 is 42.7 Å². The average Bonchev–Trinajstić information content (AvgIpc) is 3.26. The summed E-state index contributed by atoms with van der Waals surface area (Å²) < 4.78 is 31.7. The maximum Gasteiger partial charge on any atom is 0.129 e. The van der Waals surface area contributed by atoms with Gasteiger partial charge in [0.05, 0.1) is 13.2 Å². The van der Waals surface area contributed by atoms with Gasteiger partial charge in [0.1, 0.15) is 54.3 Å². The molecule has 0 saturated carbocycles. The van der Waals surface area contributed by atoms with Crippen molar-refractivity contribution in [3.63, 3.8) is 0 Å². The zero-order chi connectivity index (χ0) is 27.0. The van der Waals surface area contributed by atoms with Crippen LogP contribution in [0.25, 0.3) is 0 Å². The van der Waals surface area contributed by atoms with Gasteiger partial charge in [-0.15, -0.1) is 0 Å². The van der Waals surface area contributed by atoms with E-state index in [0.717, 1.165) is 22.3 Å². The summed E-state index contributed by atoms with van der Waals surface area (Å²) >= 11 is 0. The Morgan fingerprint density at radius 3 is 2.50 bits per heavy atom. The Morgan fingerprint density at radius 1 is 1.00 bits per heavy atom. The first-order valence-electron chi connectivity index (χ1n) is 12.7. The van der Waals surface area contributed by atoms with Crippen molar-refractivity contribution in [1.82, 2.24) is 0 Å². The Kier molecular flexibility index (Phi) is 7.55. The highest BCUT2D eigenvalue weighted by atomic mass is 19.1. The van der Waals surface area contributed by atoms with Gasteiger partial charge in [-0.3, -0.25) is 0 Å². The van der Waals surface area contributed by atoms with E-state index in [4.69, 9.17) is 14.2 Å². The van der Waals surface area contributed by atoms with Crippen LogP contribution in [0.15, 0.2) is 60.7 Å². The van der Waals surface area contributed by atoms with Gasteiger partial charge in [-0.2, -0.15) is 0 Å². The van der Waals surface area contributed by atoms with Crippen molar-refractivity contribution in [2.75, 3.05) is 13.2 Å². The molecule has 2 aliphatic heterocycles. The van der Waals surface area contributed by atoms with Crippen LogP contribution >= 0.6 is 0 Å². The molecule has 0 radical (unpaired) electrons. The first kappa shape index (κ1) is 26.7. The molecule has 7 nitrogen and oxygen atoms in total. The molecule has 1 fully saturated rings. The van der Waals surface area contributed by atoms with Crippen molar-refractivity contribution in [1.29, 1.82) is 0 Å². The molecular formula is C30H33FO7. The van der Waals surface area contributed by atoms with Gasteiger partial charge in [-0.1, -0.05) is 42.5 Å². The molecule has 8 heteroatoms. The Bertz CT molecular complexity index is 1280. The summed E-state index contributed by atoms with van der Waals surface area (Å²) in [6, 6.07) is 18.4. The van der Waals surface area contributed by atoms with Gasteiger partial charge in [0.25, 0.3) is 0 Å². The van der Waals surface area contributed by atoms with Crippen LogP contribution in [-0.4, -0.2) is 58.1 Å². The van der Waals surface area contributed by atoms with Crippen LogP contribution in [-0.2, 0) is 28.1 Å². The average molecular weight is 525 g/mol. The molecule has 0 amide bonds. The van der Waals surface area contributed by atoms with E-state index in [1.807, 2.05) is 62.4 Å². The number of fused-ring (bicyclic) bond motifs is 1. The van der Waals surface area contributed by atoms with Gasteiger partial charge in [0.15, 0.2) is 0 Å². The summed E-state index contributed by atoms with van der Waals surface area (Å²) in [4.78, 5) is 0. The summed E-state index contributed by atoms with van der Waals surface area (Å²) in [5.41, 5.74) is 4.43. The van der Waals surface area contributed by atoms with Crippen molar-refractivity contribution in [3.8, 4) is 5.75 Å². The zero-order valence-electron chi connectivity index (χ0n) is 21.4. The first-order valence-corrected chi connectivity index (χ1v) is 12.7. The van der Waals surface area contributed by atoms with Gasteiger partial charge in [-0.25, -0.2) is 4.39 Å². The largest absolute Gasteiger partial charge is 0.490 e. The Hall–Kier alpha value is -2.85. The van der Waals surface area contributed by atoms with E-state index in [0.29, 0.717) is 23.3 Å². The molecule has 6 atom stereocenters. The zero-order valence-corrected chi connectivity index (χ0v) is 21.4. The number of aliphatic hydroxyl groups is 4. The highest BCUT2D eigenvalue weighted by molar-refractivity contribution is 5.39. The molecule has 1 saturated heterocycles. The summed E-state index contributed by atoms with van der Waals surface area (Å²) in [5.74, 6) is 0.414. The van der Waals surface area contributed by atoms with Gasteiger partial charge < -0.3 is 34.6 Å². The third kappa shape index (κ3) is 5.08. The lowest BCUT2D eigenvalue weighted by atomic mass is 9.89. The first-order chi connectivity index (χ1) is 18.2. The number of hydrogen-bond donors (Lipinski definition) is 4. The summed E-state index contributed by atoms with van der Waals surface area (Å²) in [5, 5.41) is 40.3. The highest BCUT2D eigenvalue weighted by Crippen LogP contribution is 2.38. The molecule has 0 bridgehead atoms. The fourth-order valence-corrected chi connectivity index (χ4v) is 5.21. The quantitative estimate of drug-likeness (QED) is 0.376. The minimum absolute atomic E-state index is 0.225. The molecule has 5 rings (SSSR count). The van der Waals surface area contributed by atoms with Crippen molar-refractivity contribution in [2.24, 2.45) is 0 Å². The fourth-order valence-electron chi connectivity index (χ4n) is 5.21. The van der Waals surface area contributed by atoms with Crippen molar-refractivity contribution >= 4 is 0 Å². The van der Waals surface area contributed by atoms with Gasteiger partial charge in [-0.05, 0) is 66.3 Å². The SMILES string of the molecule is Cc1ccc([C@@H]2O[C@H](CO)[C@@H](O)[C@H](O)[C@H]2O)cc1Cc1ccc(OCC2(C)OCc3c(F)cccc32)cc1. The monoisotopic (exact) mass is 524 g/mol. The van der Waals surface area contributed by atoms with Crippen LogP contribution in [0.2, 0.25) is 0 Å². The Labute approximate surface area is 221 Å². The molecule has 1 unspecified atom stereocenters. The second kappa shape index (κ2) is 10.7. The number of benzene rings is 3. The van der Waals surface area contributed by atoms with E-state index >= 15 is 0 Å². The van der Waals surface area contributed by atoms with E-state index in [9.17, 15) is 24.8 Å². The van der Waals surface area contributed by atoms with Crippen LogP contribution in [0.3, 0.4) is 0 Å². The fraction of sp³-hybridized carbons (Fsp3) is 0.400. The van der Waals surface area contributed by atoms with E-state index in [-0.39, 0.29) is 19.0 Å². The van der Waals surface area contributed by atoms with Crippen LogP contribution in [0.4, 0.5) is 4.39 Å². The molecule has 2 aliphatic rings. The predicted octanol–water partition coefficient (Wildman–Crippen LogP) is 3.06. The second-order valence-electron chi connectivity index (χ2n) is 10.3. The Balaban J connectivity index is 1.26. The van der Waals surface area contributed by atoms with Gasteiger partial charge in [0, 0.05) is 5.56 Å². The molecule has 3 aromatic rings. The molecule has 0 aliphatic carbocycles. The van der Waals surface area contributed by atoms with E-state index in [1.54, 1.807) is 6.07 Å². The Morgan fingerprint density at radius 2 is 1.76 bits per heavy atom. The van der Waals surface area contributed by atoms with Crippen LogP contribution in [0, 0.1) is 12.7 Å². The number of halogens is 1. The van der Waals surface area contributed by atoms with E-state index in [1.165, 1.54) is 6.07 Å². The molecule has 202 valence electrons. The number of aryl methyl sites for hydroxylation is 1. The highest BCUT2D eigenvalue weighted by Gasteiger charge is 2.44. The molecule has 38 heavy (non-hydrogen) atoms. The minimum atomic E-state index is -1.42. The third-order valence-electron chi connectivity index (χ3n) is 7.65. The molecule has 3 aromatic carbocycles. The summed E-state index contributed by atoms with van der Waals surface area (Å²) in [6.07, 6.45) is -5.36. The summed E-state index contributed by atoms with van der Waals surface area (Å²) in [6.45, 7) is 3.90. The van der Waals surface area contributed by atoms with Gasteiger partial charge in [0.2, 0.25) is 0 Å². The minimum Gasteiger partial charge on any atom is -0.490 e. The molecule has 0 spiro atoms. The summed E-state index contributed by atoms with van der Waals surface area (Å²) in [7, 11) is 0. The number of rotatable bonds is 7. The maximum atomic E-state index is 14.1. The maximum absolute atomic E-state index is 14.1. The number of ether oxygens (including phenoxy) is 3. The molecular weight excluding hydrogens is 491 g/mol. The smallest absolute Gasteiger partial charge is 0.129 e. The van der Waals surface area contributed by atoms with Crippen molar-refractivity contribution < 1.29 is 39.0 Å². The second-order valence-corrected chi connectivity index (χ2v) is 10.3. The normalized spacial score (nSPS) is 28.8. The molecule has 2 heterocycles. The lowest BCUT2D eigenvalue weighted by Gasteiger charge is -2.40. The van der Waals surface area contributed by atoms with Crippen LogP contribution in [0.1, 0.15) is 46.4 Å².